The van der Waals surface area contributed by atoms with E-state index in [1.54, 1.807) is 0 Å². The predicted octanol–water partition coefficient (Wildman–Crippen LogP) is 6.38. The Labute approximate surface area is 124 Å². The van der Waals surface area contributed by atoms with E-state index in [0.29, 0.717) is 5.92 Å². The minimum atomic E-state index is 0.547. The Morgan fingerprint density at radius 2 is 1.70 bits per heavy atom. The van der Waals surface area contributed by atoms with E-state index in [-0.39, 0.29) is 0 Å². The van der Waals surface area contributed by atoms with Gasteiger partial charge in [0, 0.05) is 0 Å². The van der Waals surface area contributed by atoms with Crippen LogP contribution in [0.15, 0.2) is 38.0 Å². The summed E-state index contributed by atoms with van der Waals surface area (Å²) >= 11 is 0. The van der Waals surface area contributed by atoms with E-state index in [1.165, 1.54) is 27.8 Å². The Balaban J connectivity index is 3.72. The Morgan fingerprint density at radius 1 is 1.05 bits per heavy atom. The zero-order chi connectivity index (χ0) is 15.1. The van der Waals surface area contributed by atoms with Gasteiger partial charge in [-0.2, -0.15) is 0 Å². The molecule has 0 N–H and O–H groups in total. The molecule has 1 aromatic carbocycles. The highest BCUT2D eigenvalue weighted by atomic mass is 14.2. The zero-order valence-corrected chi connectivity index (χ0v) is 13.1. The lowest BCUT2D eigenvalue weighted by molar-refractivity contribution is 0.639. The predicted molar refractivity (Wildman–Crippen MR) is 93.9 cm³/mol. The highest BCUT2D eigenvalue weighted by Crippen LogP contribution is 2.35. The highest BCUT2D eigenvalue weighted by molar-refractivity contribution is 5.74. The van der Waals surface area contributed by atoms with Crippen molar-refractivity contribution in [2.24, 2.45) is 0 Å². The molecule has 106 valence electrons. The molecule has 0 aliphatic heterocycles. The van der Waals surface area contributed by atoms with Gasteiger partial charge < -0.3 is 0 Å². The molecule has 20 heavy (non-hydrogen) atoms. The van der Waals surface area contributed by atoms with E-state index < -0.39 is 0 Å². The molecule has 0 fully saturated rings. The van der Waals surface area contributed by atoms with Crippen LogP contribution in [0, 0.1) is 6.92 Å². The molecule has 0 heteroatoms. The summed E-state index contributed by atoms with van der Waals surface area (Å²) in [6, 6.07) is 2.19. The first-order chi connectivity index (χ1) is 9.64. The molecule has 0 unspecified atom stereocenters. The summed E-state index contributed by atoms with van der Waals surface area (Å²) in [4.78, 5) is 0. The first kappa shape index (κ1) is 16.2. The van der Waals surface area contributed by atoms with Gasteiger partial charge in [-0.3, -0.25) is 0 Å². The van der Waals surface area contributed by atoms with Crippen LogP contribution in [0.1, 0.15) is 60.4 Å². The van der Waals surface area contributed by atoms with Gasteiger partial charge in [0.2, 0.25) is 0 Å². The lowest BCUT2D eigenvalue weighted by Gasteiger charge is -2.23. The van der Waals surface area contributed by atoms with Crippen LogP contribution in [0.25, 0.3) is 18.2 Å². The topological polar surface area (TPSA) is 0 Å². The number of aryl methyl sites for hydroxylation is 1. The molecule has 0 saturated heterocycles. The Morgan fingerprint density at radius 3 is 2.15 bits per heavy atom. The third kappa shape index (κ3) is 3.19. The number of rotatable bonds is 7. The van der Waals surface area contributed by atoms with Crippen molar-refractivity contribution in [1.82, 2.24) is 0 Å². The van der Waals surface area contributed by atoms with Crippen LogP contribution in [-0.4, -0.2) is 0 Å². The van der Waals surface area contributed by atoms with E-state index in [9.17, 15) is 0 Å². The number of allylic oxidation sites excluding steroid dienone is 2. The van der Waals surface area contributed by atoms with Crippen molar-refractivity contribution in [3.63, 3.8) is 0 Å². The maximum atomic E-state index is 4.01. The third-order valence-electron chi connectivity index (χ3n) is 3.91. The van der Waals surface area contributed by atoms with Crippen molar-refractivity contribution in [2.75, 3.05) is 0 Å². The largest absolute Gasteiger partial charge is 0.0991 e. The quantitative estimate of drug-likeness (QED) is 0.502. The van der Waals surface area contributed by atoms with Crippen molar-refractivity contribution in [2.45, 2.75) is 39.5 Å². The Bertz CT molecular complexity index is 525. The second kappa shape index (κ2) is 7.69. The molecule has 0 amide bonds. The fourth-order valence-corrected chi connectivity index (χ4v) is 2.82. The van der Waals surface area contributed by atoms with Crippen LogP contribution in [0.5, 0.6) is 0 Å². The van der Waals surface area contributed by atoms with E-state index in [4.69, 9.17) is 0 Å². The van der Waals surface area contributed by atoms with Gasteiger partial charge in [0.05, 0.1) is 0 Å². The fraction of sp³-hybridized carbons (Fsp3) is 0.300. The second-order valence-electron chi connectivity index (χ2n) is 5.04. The number of benzene rings is 1. The average molecular weight is 266 g/mol. The van der Waals surface area contributed by atoms with Crippen molar-refractivity contribution < 1.29 is 0 Å². The van der Waals surface area contributed by atoms with E-state index in [2.05, 4.69) is 52.7 Å². The van der Waals surface area contributed by atoms with Crippen molar-refractivity contribution in [3.8, 4) is 0 Å². The molecule has 0 nitrogen and oxygen atoms in total. The molecular weight excluding hydrogens is 240 g/mol. The van der Waals surface area contributed by atoms with Gasteiger partial charge in [-0.25, -0.2) is 0 Å². The van der Waals surface area contributed by atoms with Crippen LogP contribution < -0.4 is 0 Å². The van der Waals surface area contributed by atoms with Gasteiger partial charge in [-0.05, 0) is 53.5 Å². The standard InChI is InChI=1S/C20H26/c1-7-12-13-19-15(6)14-17(10-4)18(11-5)20(19)16(8-2)9-3/h7,10-14,16H,1,4-5,8-9H2,2-3,6H3/b13-12-. The lowest BCUT2D eigenvalue weighted by Crippen LogP contribution is -2.05. The molecule has 1 aromatic rings. The van der Waals surface area contributed by atoms with E-state index in [0.717, 1.165) is 12.8 Å². The molecule has 0 aromatic heterocycles. The number of hydrogen-bond donors (Lipinski definition) is 0. The molecule has 0 atom stereocenters. The van der Waals surface area contributed by atoms with Crippen molar-refractivity contribution in [3.05, 3.63) is 65.8 Å². The molecular formula is C20H26. The zero-order valence-electron chi connectivity index (χ0n) is 13.1. The SMILES string of the molecule is C=C/C=C\c1c(C)cc(C=C)c(C=C)c1C(CC)CC. The summed E-state index contributed by atoms with van der Waals surface area (Å²) < 4.78 is 0. The summed E-state index contributed by atoms with van der Waals surface area (Å²) in [5.74, 6) is 0.547. The molecule has 0 aliphatic rings. The van der Waals surface area contributed by atoms with Gasteiger partial charge in [-0.1, -0.05) is 70.0 Å². The van der Waals surface area contributed by atoms with Gasteiger partial charge >= 0.3 is 0 Å². The van der Waals surface area contributed by atoms with Crippen LogP contribution in [0.3, 0.4) is 0 Å². The van der Waals surface area contributed by atoms with Crippen molar-refractivity contribution in [1.29, 1.82) is 0 Å². The molecule has 0 aliphatic carbocycles. The molecule has 0 heterocycles. The van der Waals surface area contributed by atoms with Crippen LogP contribution in [0.4, 0.5) is 0 Å². The fourth-order valence-electron chi connectivity index (χ4n) is 2.82. The monoisotopic (exact) mass is 266 g/mol. The highest BCUT2D eigenvalue weighted by Gasteiger charge is 2.18. The van der Waals surface area contributed by atoms with Gasteiger partial charge in [0.1, 0.15) is 0 Å². The number of hydrogen-bond acceptors (Lipinski definition) is 0. The average Bonchev–Trinajstić information content (AvgIpc) is 2.47. The molecule has 0 radical (unpaired) electrons. The van der Waals surface area contributed by atoms with Gasteiger partial charge in [0.25, 0.3) is 0 Å². The summed E-state index contributed by atoms with van der Waals surface area (Å²) in [5.41, 5.74) is 6.39. The first-order valence-electron chi connectivity index (χ1n) is 7.35. The normalized spacial score (nSPS) is 11.0. The summed E-state index contributed by atoms with van der Waals surface area (Å²) in [7, 11) is 0. The molecule has 1 rings (SSSR count). The van der Waals surface area contributed by atoms with Gasteiger partial charge in [-0.15, -0.1) is 0 Å². The summed E-state index contributed by atoms with van der Waals surface area (Å²) in [6.45, 7) is 18.4. The first-order valence-corrected chi connectivity index (χ1v) is 7.35. The maximum absolute atomic E-state index is 4.01. The molecule has 0 bridgehead atoms. The Hall–Kier alpha value is -1.82. The van der Waals surface area contributed by atoms with E-state index >= 15 is 0 Å². The van der Waals surface area contributed by atoms with E-state index in [1.807, 2.05) is 24.3 Å². The smallest absolute Gasteiger partial charge is 0.0149 e. The molecule has 0 saturated carbocycles. The molecule has 0 spiro atoms. The van der Waals surface area contributed by atoms with Gasteiger partial charge in [0.15, 0.2) is 0 Å². The van der Waals surface area contributed by atoms with Crippen LogP contribution in [-0.2, 0) is 0 Å². The summed E-state index contributed by atoms with van der Waals surface area (Å²) in [6.07, 6.45) is 12.2. The minimum absolute atomic E-state index is 0.547. The Kier molecular flexibility index (Phi) is 6.24. The van der Waals surface area contributed by atoms with Crippen LogP contribution >= 0.6 is 0 Å². The summed E-state index contributed by atoms with van der Waals surface area (Å²) in [5, 5.41) is 0. The third-order valence-corrected chi connectivity index (χ3v) is 3.91. The second-order valence-corrected chi connectivity index (χ2v) is 5.04. The maximum Gasteiger partial charge on any atom is -0.0149 e. The van der Waals surface area contributed by atoms with Crippen molar-refractivity contribution >= 4 is 18.2 Å². The minimum Gasteiger partial charge on any atom is -0.0991 e. The lowest BCUT2D eigenvalue weighted by atomic mass is 9.82. The van der Waals surface area contributed by atoms with Crippen LogP contribution in [0.2, 0.25) is 0 Å².